The van der Waals surface area contributed by atoms with E-state index >= 15 is 0 Å². The van der Waals surface area contributed by atoms with Gasteiger partial charge in [-0.2, -0.15) is 0 Å². The van der Waals surface area contributed by atoms with Crippen LogP contribution in [0.3, 0.4) is 0 Å². The van der Waals surface area contributed by atoms with Crippen molar-refractivity contribution in [3.63, 3.8) is 0 Å². The van der Waals surface area contributed by atoms with E-state index < -0.39 is 0 Å². The van der Waals surface area contributed by atoms with E-state index in [-0.39, 0.29) is 5.82 Å². The summed E-state index contributed by atoms with van der Waals surface area (Å²) in [7, 11) is 0. The Morgan fingerprint density at radius 3 is 2.75 bits per heavy atom. The lowest BCUT2D eigenvalue weighted by atomic mass is 10.2. The summed E-state index contributed by atoms with van der Waals surface area (Å²) < 4.78 is 13.5. The molecule has 1 N–H and O–H groups in total. The summed E-state index contributed by atoms with van der Waals surface area (Å²) in [6, 6.07) is 13.3. The molecule has 1 heterocycles. The average Bonchev–Trinajstić information content (AvgIpc) is 2.76. The molecular formula is C17H16FNS. The van der Waals surface area contributed by atoms with Crippen LogP contribution in [0.4, 0.5) is 4.39 Å². The molecule has 3 heteroatoms. The molecule has 0 saturated carbocycles. The molecule has 20 heavy (non-hydrogen) atoms. The van der Waals surface area contributed by atoms with Crippen LogP contribution < -0.4 is 0 Å². The normalized spacial score (nSPS) is 11.2. The first-order chi connectivity index (χ1) is 9.69. The Labute approximate surface area is 122 Å². The van der Waals surface area contributed by atoms with Crippen molar-refractivity contribution in [2.45, 2.75) is 30.1 Å². The second-order valence-electron chi connectivity index (χ2n) is 4.83. The minimum Gasteiger partial charge on any atom is -0.358 e. The predicted octanol–water partition coefficient (Wildman–Crippen LogP) is 5.33. The summed E-state index contributed by atoms with van der Waals surface area (Å²) in [5.74, 6) is -0.192. The standard InChI is InChI=1S/C17H16FNS/c1-3-12-6-4-5-7-16(12)20-17-11(2)19-15-9-8-13(18)10-14(15)17/h4-10,19H,3H2,1-2H3. The van der Waals surface area contributed by atoms with Crippen LogP contribution in [0.1, 0.15) is 18.2 Å². The quantitative estimate of drug-likeness (QED) is 0.687. The molecule has 0 amide bonds. The molecule has 102 valence electrons. The maximum Gasteiger partial charge on any atom is 0.123 e. The van der Waals surface area contributed by atoms with Gasteiger partial charge in [-0.1, -0.05) is 36.9 Å². The second-order valence-corrected chi connectivity index (χ2v) is 5.88. The molecule has 0 fully saturated rings. The van der Waals surface area contributed by atoms with E-state index in [4.69, 9.17) is 0 Å². The highest BCUT2D eigenvalue weighted by Gasteiger charge is 2.12. The fraction of sp³-hybridized carbons (Fsp3) is 0.176. The van der Waals surface area contributed by atoms with Crippen molar-refractivity contribution in [2.24, 2.45) is 0 Å². The van der Waals surface area contributed by atoms with Gasteiger partial charge < -0.3 is 4.98 Å². The van der Waals surface area contributed by atoms with Crippen LogP contribution in [0, 0.1) is 12.7 Å². The zero-order valence-electron chi connectivity index (χ0n) is 11.5. The number of halogens is 1. The van der Waals surface area contributed by atoms with E-state index in [9.17, 15) is 4.39 Å². The van der Waals surface area contributed by atoms with Gasteiger partial charge in [0.2, 0.25) is 0 Å². The zero-order valence-corrected chi connectivity index (χ0v) is 12.4. The van der Waals surface area contributed by atoms with Crippen LogP contribution in [-0.2, 0) is 6.42 Å². The van der Waals surface area contributed by atoms with Gasteiger partial charge in [-0.25, -0.2) is 4.39 Å². The van der Waals surface area contributed by atoms with Gasteiger partial charge in [0.05, 0.1) is 0 Å². The molecular weight excluding hydrogens is 269 g/mol. The minimum absolute atomic E-state index is 0.192. The largest absolute Gasteiger partial charge is 0.358 e. The Bertz CT molecular complexity index is 761. The molecule has 0 aliphatic carbocycles. The van der Waals surface area contributed by atoms with E-state index in [1.54, 1.807) is 23.9 Å². The number of nitrogens with one attached hydrogen (secondary N) is 1. The Kier molecular flexibility index (Phi) is 3.53. The third-order valence-electron chi connectivity index (χ3n) is 3.45. The van der Waals surface area contributed by atoms with Gasteiger partial charge in [-0.05, 0) is 43.2 Å². The van der Waals surface area contributed by atoms with Crippen molar-refractivity contribution in [3.05, 3.63) is 59.5 Å². The highest BCUT2D eigenvalue weighted by atomic mass is 32.2. The lowest BCUT2D eigenvalue weighted by molar-refractivity contribution is 0.629. The molecule has 3 rings (SSSR count). The Morgan fingerprint density at radius 2 is 1.95 bits per heavy atom. The predicted molar refractivity (Wildman–Crippen MR) is 82.9 cm³/mol. The first kappa shape index (κ1) is 13.3. The number of aromatic nitrogens is 1. The number of benzene rings is 2. The van der Waals surface area contributed by atoms with E-state index in [1.165, 1.54) is 16.5 Å². The summed E-state index contributed by atoms with van der Waals surface area (Å²) in [5, 5.41) is 0.957. The lowest BCUT2D eigenvalue weighted by Crippen LogP contribution is -1.85. The molecule has 0 bridgehead atoms. The number of aromatic amines is 1. The van der Waals surface area contributed by atoms with Gasteiger partial charge in [-0.3, -0.25) is 0 Å². The smallest absolute Gasteiger partial charge is 0.123 e. The van der Waals surface area contributed by atoms with Crippen LogP contribution in [0.5, 0.6) is 0 Å². The fourth-order valence-corrected chi connectivity index (χ4v) is 3.60. The molecule has 0 saturated heterocycles. The number of aryl methyl sites for hydroxylation is 2. The maximum atomic E-state index is 13.5. The van der Waals surface area contributed by atoms with Crippen LogP contribution in [0.15, 0.2) is 52.3 Å². The first-order valence-corrected chi connectivity index (χ1v) is 7.54. The number of fused-ring (bicyclic) bond motifs is 1. The van der Waals surface area contributed by atoms with Crippen molar-refractivity contribution < 1.29 is 4.39 Å². The molecule has 0 aliphatic rings. The van der Waals surface area contributed by atoms with Crippen molar-refractivity contribution in [1.82, 2.24) is 4.98 Å². The van der Waals surface area contributed by atoms with E-state index in [0.29, 0.717) is 0 Å². The third kappa shape index (κ3) is 2.34. The summed E-state index contributed by atoms with van der Waals surface area (Å²) in [6.07, 6.45) is 0.999. The van der Waals surface area contributed by atoms with Crippen LogP contribution in [0.2, 0.25) is 0 Å². The van der Waals surface area contributed by atoms with Crippen LogP contribution in [-0.4, -0.2) is 4.98 Å². The van der Waals surface area contributed by atoms with E-state index in [2.05, 4.69) is 30.1 Å². The number of hydrogen-bond donors (Lipinski definition) is 1. The van der Waals surface area contributed by atoms with Gasteiger partial charge in [-0.15, -0.1) is 0 Å². The zero-order chi connectivity index (χ0) is 14.1. The summed E-state index contributed by atoms with van der Waals surface area (Å²) in [5.41, 5.74) is 3.39. The third-order valence-corrected chi connectivity index (χ3v) is 4.80. The highest BCUT2D eigenvalue weighted by molar-refractivity contribution is 7.99. The van der Waals surface area contributed by atoms with E-state index in [1.807, 2.05) is 13.0 Å². The molecule has 0 atom stereocenters. The topological polar surface area (TPSA) is 15.8 Å². The molecule has 0 radical (unpaired) electrons. The minimum atomic E-state index is -0.192. The van der Waals surface area contributed by atoms with Gasteiger partial charge in [0, 0.05) is 26.4 Å². The van der Waals surface area contributed by atoms with Gasteiger partial charge in [0.15, 0.2) is 0 Å². The first-order valence-electron chi connectivity index (χ1n) is 6.72. The van der Waals surface area contributed by atoms with Crippen molar-refractivity contribution in [3.8, 4) is 0 Å². The molecule has 0 spiro atoms. The second kappa shape index (κ2) is 5.33. The molecule has 1 nitrogen and oxygen atoms in total. The number of hydrogen-bond acceptors (Lipinski definition) is 1. The van der Waals surface area contributed by atoms with E-state index in [0.717, 1.165) is 27.9 Å². The Hall–Kier alpha value is -1.74. The van der Waals surface area contributed by atoms with Crippen molar-refractivity contribution in [2.75, 3.05) is 0 Å². The van der Waals surface area contributed by atoms with Crippen LogP contribution >= 0.6 is 11.8 Å². The molecule has 2 aromatic carbocycles. The average molecular weight is 285 g/mol. The van der Waals surface area contributed by atoms with Gasteiger partial charge >= 0.3 is 0 Å². The SMILES string of the molecule is CCc1ccccc1Sc1c(C)[nH]c2ccc(F)cc12. The monoisotopic (exact) mass is 285 g/mol. The lowest BCUT2D eigenvalue weighted by Gasteiger charge is -2.07. The molecule has 0 aliphatic heterocycles. The van der Waals surface area contributed by atoms with Crippen molar-refractivity contribution in [1.29, 1.82) is 0 Å². The molecule has 0 unspecified atom stereocenters. The summed E-state index contributed by atoms with van der Waals surface area (Å²) in [6.45, 7) is 4.19. The number of rotatable bonds is 3. The maximum absolute atomic E-state index is 13.5. The number of H-pyrrole nitrogens is 1. The van der Waals surface area contributed by atoms with Crippen LogP contribution in [0.25, 0.3) is 10.9 Å². The molecule has 1 aromatic heterocycles. The van der Waals surface area contributed by atoms with Gasteiger partial charge in [0.1, 0.15) is 5.82 Å². The fourth-order valence-electron chi connectivity index (χ4n) is 2.41. The van der Waals surface area contributed by atoms with Gasteiger partial charge in [0.25, 0.3) is 0 Å². The summed E-state index contributed by atoms with van der Waals surface area (Å²) in [4.78, 5) is 5.68. The Morgan fingerprint density at radius 1 is 1.15 bits per heavy atom. The van der Waals surface area contributed by atoms with Crippen molar-refractivity contribution >= 4 is 22.7 Å². The highest BCUT2D eigenvalue weighted by Crippen LogP contribution is 2.38. The summed E-state index contributed by atoms with van der Waals surface area (Å²) >= 11 is 1.71. The molecule has 3 aromatic rings. The Balaban J connectivity index is 2.10.